The molecule has 0 saturated carbocycles. The number of hydrogen-bond acceptors (Lipinski definition) is 6. The molecule has 1 amide bonds. The summed E-state index contributed by atoms with van der Waals surface area (Å²) in [7, 11) is 1.56. The van der Waals surface area contributed by atoms with Crippen molar-refractivity contribution in [1.82, 2.24) is 14.9 Å². The van der Waals surface area contributed by atoms with E-state index in [1.807, 2.05) is 0 Å². The van der Waals surface area contributed by atoms with E-state index < -0.39 is 17.1 Å². The zero-order valence-electron chi connectivity index (χ0n) is 14.4. The minimum atomic E-state index is -0.914. The zero-order valence-corrected chi connectivity index (χ0v) is 14.4. The van der Waals surface area contributed by atoms with E-state index in [-0.39, 0.29) is 30.4 Å². The van der Waals surface area contributed by atoms with Crippen molar-refractivity contribution in [3.05, 3.63) is 59.4 Å². The third kappa shape index (κ3) is 3.30. The summed E-state index contributed by atoms with van der Waals surface area (Å²) in [6.45, 7) is 1.76. The van der Waals surface area contributed by atoms with Gasteiger partial charge in [-0.15, -0.1) is 0 Å². The van der Waals surface area contributed by atoms with Crippen LogP contribution in [0.2, 0.25) is 0 Å². The monoisotopic (exact) mass is 355 g/mol. The number of pyridine rings is 2. The van der Waals surface area contributed by atoms with Crippen LogP contribution in [-0.4, -0.2) is 39.6 Å². The SMILES string of the molecule is CN1C(=O)CC(C)(c2cc(CC(=O)c3ncccc3F)ccn2)N=C1N. The fraction of sp³-hybridized carbons (Fsp3) is 0.278. The molecule has 0 radical (unpaired) electrons. The maximum atomic E-state index is 13.7. The first kappa shape index (κ1) is 17.7. The minimum Gasteiger partial charge on any atom is -0.369 e. The smallest absolute Gasteiger partial charge is 0.231 e. The van der Waals surface area contributed by atoms with Crippen LogP contribution >= 0.6 is 0 Å². The van der Waals surface area contributed by atoms with Gasteiger partial charge in [0.05, 0.1) is 12.1 Å². The Hall–Kier alpha value is -3.16. The summed E-state index contributed by atoms with van der Waals surface area (Å²) in [5.74, 6) is -1.15. The predicted octanol–water partition coefficient (Wildman–Crippen LogP) is 1.43. The van der Waals surface area contributed by atoms with E-state index in [1.54, 1.807) is 26.1 Å². The topological polar surface area (TPSA) is 102 Å². The van der Waals surface area contributed by atoms with Gasteiger partial charge in [-0.05, 0) is 36.8 Å². The molecule has 1 aliphatic heterocycles. The highest BCUT2D eigenvalue weighted by Crippen LogP contribution is 2.31. The van der Waals surface area contributed by atoms with E-state index in [0.717, 1.165) is 0 Å². The summed E-state index contributed by atoms with van der Waals surface area (Å²) < 4.78 is 13.7. The van der Waals surface area contributed by atoms with Crippen molar-refractivity contribution in [3.63, 3.8) is 0 Å². The average molecular weight is 355 g/mol. The molecule has 3 rings (SSSR count). The van der Waals surface area contributed by atoms with Crippen LogP contribution in [0.3, 0.4) is 0 Å². The Morgan fingerprint density at radius 2 is 2.12 bits per heavy atom. The number of aliphatic imine (C=N–C) groups is 1. The lowest BCUT2D eigenvalue weighted by molar-refractivity contribution is -0.128. The Labute approximate surface area is 149 Å². The highest BCUT2D eigenvalue weighted by molar-refractivity contribution is 5.98. The fourth-order valence-corrected chi connectivity index (χ4v) is 2.79. The molecule has 2 N–H and O–H groups in total. The quantitative estimate of drug-likeness (QED) is 0.836. The first-order valence-electron chi connectivity index (χ1n) is 8.01. The Morgan fingerprint density at radius 1 is 1.35 bits per heavy atom. The molecular formula is C18H18FN5O2. The molecule has 2 aromatic heterocycles. The van der Waals surface area contributed by atoms with Gasteiger partial charge >= 0.3 is 0 Å². The van der Waals surface area contributed by atoms with E-state index in [2.05, 4.69) is 15.0 Å². The highest BCUT2D eigenvalue weighted by Gasteiger charge is 2.37. The molecule has 2 aromatic rings. The van der Waals surface area contributed by atoms with Gasteiger partial charge in [0.15, 0.2) is 17.6 Å². The molecular weight excluding hydrogens is 337 g/mol. The molecule has 1 aliphatic rings. The summed E-state index contributed by atoms with van der Waals surface area (Å²) in [6.07, 6.45) is 2.99. The van der Waals surface area contributed by atoms with Crippen molar-refractivity contribution in [1.29, 1.82) is 0 Å². The predicted molar refractivity (Wildman–Crippen MR) is 92.8 cm³/mol. The molecule has 0 spiro atoms. The lowest BCUT2D eigenvalue weighted by Crippen LogP contribution is -2.47. The molecule has 134 valence electrons. The first-order valence-corrected chi connectivity index (χ1v) is 8.01. The number of amides is 1. The molecule has 1 unspecified atom stereocenters. The number of Topliss-reactive ketones (excluding diaryl/α,β-unsaturated/α-hetero) is 1. The number of halogens is 1. The zero-order chi connectivity index (χ0) is 18.9. The van der Waals surface area contributed by atoms with Gasteiger partial charge < -0.3 is 5.73 Å². The van der Waals surface area contributed by atoms with Gasteiger partial charge in [-0.3, -0.25) is 24.5 Å². The molecule has 0 saturated heterocycles. The van der Waals surface area contributed by atoms with Crippen molar-refractivity contribution in [3.8, 4) is 0 Å². The molecule has 0 bridgehead atoms. The molecule has 8 heteroatoms. The van der Waals surface area contributed by atoms with Crippen LogP contribution in [-0.2, 0) is 16.8 Å². The Balaban J connectivity index is 1.88. The van der Waals surface area contributed by atoms with E-state index in [4.69, 9.17) is 5.73 Å². The summed E-state index contributed by atoms with van der Waals surface area (Å²) >= 11 is 0. The summed E-state index contributed by atoms with van der Waals surface area (Å²) in [5, 5.41) is 0. The number of hydrogen-bond donors (Lipinski definition) is 1. The molecule has 1 atom stereocenters. The standard InChI is InChI=1S/C18H18FN5O2/c1-18(10-15(26)24(2)17(20)23-18)14-9-11(5-7-21-14)8-13(25)16-12(19)4-3-6-22-16/h3-7,9H,8,10H2,1-2H3,(H2,20,23). The fourth-order valence-electron chi connectivity index (χ4n) is 2.79. The number of ketones is 1. The molecule has 0 fully saturated rings. The number of carbonyl (C=O) groups is 2. The Bertz CT molecular complexity index is 914. The second-order valence-corrected chi connectivity index (χ2v) is 6.36. The number of carbonyl (C=O) groups excluding carboxylic acids is 2. The molecule has 0 aliphatic carbocycles. The number of rotatable bonds is 4. The Morgan fingerprint density at radius 3 is 2.81 bits per heavy atom. The Kier molecular flexibility index (Phi) is 4.50. The van der Waals surface area contributed by atoms with Gasteiger partial charge in [-0.25, -0.2) is 9.38 Å². The number of nitrogens with zero attached hydrogens (tertiary/aromatic N) is 4. The summed E-state index contributed by atoms with van der Waals surface area (Å²) in [5.41, 5.74) is 5.86. The van der Waals surface area contributed by atoms with Gasteiger partial charge in [0, 0.05) is 25.9 Å². The van der Waals surface area contributed by atoms with E-state index >= 15 is 0 Å². The van der Waals surface area contributed by atoms with Gasteiger partial charge in [0.1, 0.15) is 11.2 Å². The normalized spacial score (nSPS) is 20.0. The van der Waals surface area contributed by atoms with Crippen LogP contribution in [0.1, 0.15) is 35.1 Å². The van der Waals surface area contributed by atoms with Crippen molar-refractivity contribution < 1.29 is 14.0 Å². The van der Waals surface area contributed by atoms with E-state index in [9.17, 15) is 14.0 Å². The second-order valence-electron chi connectivity index (χ2n) is 6.36. The maximum Gasteiger partial charge on any atom is 0.231 e. The van der Waals surface area contributed by atoms with Crippen LogP contribution in [0.5, 0.6) is 0 Å². The van der Waals surface area contributed by atoms with Crippen LogP contribution in [0.25, 0.3) is 0 Å². The lowest BCUT2D eigenvalue weighted by atomic mass is 9.90. The molecule has 3 heterocycles. The second kappa shape index (κ2) is 6.62. The maximum absolute atomic E-state index is 13.7. The van der Waals surface area contributed by atoms with Gasteiger partial charge in [0.25, 0.3) is 0 Å². The van der Waals surface area contributed by atoms with Gasteiger partial charge in [-0.2, -0.15) is 0 Å². The summed E-state index contributed by atoms with van der Waals surface area (Å²) in [4.78, 5) is 38.2. The largest absolute Gasteiger partial charge is 0.369 e. The minimum absolute atomic E-state index is 0.0351. The lowest BCUT2D eigenvalue weighted by Gasteiger charge is -2.32. The van der Waals surface area contributed by atoms with Crippen LogP contribution in [0, 0.1) is 5.82 Å². The molecule has 7 nitrogen and oxygen atoms in total. The average Bonchev–Trinajstić information content (AvgIpc) is 2.60. The van der Waals surface area contributed by atoms with Crippen molar-refractivity contribution in [2.75, 3.05) is 7.05 Å². The number of guanidine groups is 1. The van der Waals surface area contributed by atoms with Crippen molar-refractivity contribution in [2.24, 2.45) is 10.7 Å². The third-order valence-electron chi connectivity index (χ3n) is 4.34. The van der Waals surface area contributed by atoms with E-state index in [1.165, 1.54) is 29.4 Å². The molecule has 26 heavy (non-hydrogen) atoms. The van der Waals surface area contributed by atoms with Gasteiger partial charge in [-0.1, -0.05) is 0 Å². The van der Waals surface area contributed by atoms with Crippen LogP contribution in [0.4, 0.5) is 4.39 Å². The van der Waals surface area contributed by atoms with Crippen LogP contribution < -0.4 is 5.73 Å². The van der Waals surface area contributed by atoms with Crippen molar-refractivity contribution >= 4 is 17.6 Å². The highest BCUT2D eigenvalue weighted by atomic mass is 19.1. The van der Waals surface area contributed by atoms with E-state index in [0.29, 0.717) is 11.3 Å². The van der Waals surface area contributed by atoms with Crippen LogP contribution in [0.15, 0.2) is 41.7 Å². The van der Waals surface area contributed by atoms with Crippen molar-refractivity contribution in [2.45, 2.75) is 25.3 Å². The number of nitrogens with two attached hydrogens (primary N) is 1. The third-order valence-corrected chi connectivity index (χ3v) is 4.34. The number of aromatic nitrogens is 2. The molecule has 0 aromatic carbocycles. The van der Waals surface area contributed by atoms with Gasteiger partial charge in [0.2, 0.25) is 5.91 Å². The summed E-state index contributed by atoms with van der Waals surface area (Å²) in [6, 6.07) is 5.97. The first-order chi connectivity index (χ1) is 12.3.